The average molecular weight is 423 g/mol. The highest BCUT2D eigenvalue weighted by Gasteiger charge is 2.28. The van der Waals surface area contributed by atoms with Gasteiger partial charge in [0.15, 0.2) is 6.61 Å². The maximum atomic E-state index is 12.8. The van der Waals surface area contributed by atoms with Crippen LogP contribution in [0, 0.1) is 5.92 Å². The summed E-state index contributed by atoms with van der Waals surface area (Å²) in [5.74, 6) is -0.742. The standard InChI is InChI=1S/C21H24F3N3O3/c1-14(2)10-17(28)27-19(16-6-4-3-5-7-16)20(29)26-12-15-8-9-25-18(11-15)30-13-21(22,23)24/h3-9,11,14,19H,10,12-13H2,1-2H3,(H,26,29)(H,27,28). The highest BCUT2D eigenvalue weighted by molar-refractivity contribution is 5.88. The van der Waals surface area contributed by atoms with Crippen LogP contribution in [0.3, 0.4) is 0 Å². The molecular weight excluding hydrogens is 399 g/mol. The molecule has 6 nitrogen and oxygen atoms in total. The summed E-state index contributed by atoms with van der Waals surface area (Å²) in [4.78, 5) is 28.7. The SMILES string of the molecule is CC(C)CC(=O)NC(C(=O)NCc1ccnc(OCC(F)(F)F)c1)c1ccccc1. The number of nitrogens with zero attached hydrogens (tertiary/aromatic N) is 1. The zero-order valence-electron chi connectivity index (χ0n) is 16.7. The largest absolute Gasteiger partial charge is 0.468 e. The van der Waals surface area contributed by atoms with Crippen molar-refractivity contribution in [3.63, 3.8) is 0 Å². The third-order valence-corrected chi connectivity index (χ3v) is 3.94. The van der Waals surface area contributed by atoms with Crippen LogP contribution in [-0.2, 0) is 16.1 Å². The molecule has 0 saturated heterocycles. The number of pyridine rings is 1. The van der Waals surface area contributed by atoms with Gasteiger partial charge >= 0.3 is 6.18 Å². The van der Waals surface area contributed by atoms with Gasteiger partial charge in [0.05, 0.1) is 0 Å². The molecule has 162 valence electrons. The number of halogens is 3. The fourth-order valence-corrected chi connectivity index (χ4v) is 2.62. The van der Waals surface area contributed by atoms with Crippen LogP contribution in [0.15, 0.2) is 48.7 Å². The summed E-state index contributed by atoms with van der Waals surface area (Å²) >= 11 is 0. The van der Waals surface area contributed by atoms with Gasteiger partial charge in [-0.1, -0.05) is 44.2 Å². The molecule has 0 spiro atoms. The fraction of sp³-hybridized carbons (Fsp3) is 0.381. The first-order valence-corrected chi connectivity index (χ1v) is 9.40. The highest BCUT2D eigenvalue weighted by Crippen LogP contribution is 2.18. The van der Waals surface area contributed by atoms with Gasteiger partial charge in [-0.25, -0.2) is 4.98 Å². The van der Waals surface area contributed by atoms with Gasteiger partial charge in [0, 0.05) is 25.2 Å². The second-order valence-electron chi connectivity index (χ2n) is 7.13. The molecule has 1 aromatic heterocycles. The van der Waals surface area contributed by atoms with Gasteiger partial charge in [-0.2, -0.15) is 13.2 Å². The number of rotatable bonds is 9. The molecule has 0 saturated carbocycles. The molecular formula is C21H24F3N3O3. The lowest BCUT2D eigenvalue weighted by Gasteiger charge is -2.19. The van der Waals surface area contributed by atoms with Gasteiger partial charge in [-0.05, 0) is 23.1 Å². The maximum Gasteiger partial charge on any atom is 0.422 e. The molecule has 30 heavy (non-hydrogen) atoms. The zero-order valence-corrected chi connectivity index (χ0v) is 16.7. The highest BCUT2D eigenvalue weighted by atomic mass is 19.4. The molecule has 2 rings (SSSR count). The minimum atomic E-state index is -4.47. The Balaban J connectivity index is 2.04. The molecule has 9 heteroatoms. The van der Waals surface area contributed by atoms with Crippen molar-refractivity contribution in [3.8, 4) is 5.88 Å². The van der Waals surface area contributed by atoms with Crippen LogP contribution in [0.2, 0.25) is 0 Å². The van der Waals surface area contributed by atoms with Crippen LogP contribution in [0.4, 0.5) is 13.2 Å². The van der Waals surface area contributed by atoms with Crippen molar-refractivity contribution in [2.75, 3.05) is 6.61 Å². The second-order valence-corrected chi connectivity index (χ2v) is 7.13. The number of benzene rings is 1. The van der Waals surface area contributed by atoms with E-state index in [-0.39, 0.29) is 30.7 Å². The summed E-state index contributed by atoms with van der Waals surface area (Å²) < 4.78 is 41.5. The van der Waals surface area contributed by atoms with Crippen LogP contribution in [0.25, 0.3) is 0 Å². The Morgan fingerprint density at radius 2 is 1.83 bits per heavy atom. The Kier molecular flexibility index (Phi) is 8.20. The molecule has 2 N–H and O–H groups in total. The number of ether oxygens (including phenoxy) is 1. The Labute approximate surface area is 172 Å². The van der Waals surface area contributed by atoms with Crippen molar-refractivity contribution in [2.45, 2.75) is 39.0 Å². The van der Waals surface area contributed by atoms with E-state index >= 15 is 0 Å². The molecule has 1 atom stereocenters. The first kappa shape index (κ1) is 23.2. The number of hydrogen-bond acceptors (Lipinski definition) is 4. The van der Waals surface area contributed by atoms with Crippen molar-refractivity contribution < 1.29 is 27.5 Å². The lowest BCUT2D eigenvalue weighted by molar-refractivity contribution is -0.154. The summed E-state index contributed by atoms with van der Waals surface area (Å²) in [6.07, 6.45) is -2.89. The van der Waals surface area contributed by atoms with E-state index < -0.39 is 24.7 Å². The Morgan fingerprint density at radius 1 is 1.13 bits per heavy atom. The second kappa shape index (κ2) is 10.6. The number of carbonyl (C=O) groups is 2. The molecule has 0 aliphatic carbocycles. The molecule has 0 fully saturated rings. The Bertz CT molecular complexity index is 842. The van der Waals surface area contributed by atoms with Crippen LogP contribution >= 0.6 is 0 Å². The van der Waals surface area contributed by atoms with Gasteiger partial charge in [-0.3, -0.25) is 9.59 Å². The third kappa shape index (κ3) is 8.10. The van der Waals surface area contributed by atoms with Gasteiger partial charge in [-0.15, -0.1) is 0 Å². The van der Waals surface area contributed by atoms with Crippen LogP contribution in [0.1, 0.15) is 37.4 Å². The van der Waals surface area contributed by atoms with E-state index in [0.717, 1.165) is 0 Å². The number of aromatic nitrogens is 1. The first-order chi connectivity index (χ1) is 14.1. The predicted octanol–water partition coefficient (Wildman–Crippen LogP) is 3.54. The van der Waals surface area contributed by atoms with Crippen LogP contribution in [-0.4, -0.2) is 29.6 Å². The molecule has 0 aliphatic heterocycles. The van der Waals surface area contributed by atoms with Gasteiger partial charge < -0.3 is 15.4 Å². The number of nitrogens with one attached hydrogen (secondary N) is 2. The molecule has 0 bridgehead atoms. The first-order valence-electron chi connectivity index (χ1n) is 9.40. The van der Waals surface area contributed by atoms with Crippen LogP contribution < -0.4 is 15.4 Å². The van der Waals surface area contributed by atoms with Crippen molar-refractivity contribution in [2.24, 2.45) is 5.92 Å². The number of alkyl halides is 3. The van der Waals surface area contributed by atoms with Gasteiger partial charge in [0.2, 0.25) is 17.7 Å². The quantitative estimate of drug-likeness (QED) is 0.647. The van der Waals surface area contributed by atoms with E-state index in [2.05, 4.69) is 20.4 Å². The van der Waals surface area contributed by atoms with E-state index in [4.69, 9.17) is 0 Å². The Morgan fingerprint density at radius 3 is 2.47 bits per heavy atom. The van der Waals surface area contributed by atoms with E-state index in [0.29, 0.717) is 11.1 Å². The zero-order chi connectivity index (χ0) is 22.1. The normalized spacial score (nSPS) is 12.3. The monoisotopic (exact) mass is 423 g/mol. The predicted molar refractivity (Wildman–Crippen MR) is 104 cm³/mol. The molecule has 1 aromatic carbocycles. The summed E-state index contributed by atoms with van der Waals surface area (Å²) in [5, 5.41) is 5.43. The van der Waals surface area contributed by atoms with Crippen molar-refractivity contribution >= 4 is 11.8 Å². The van der Waals surface area contributed by atoms with Crippen LogP contribution in [0.5, 0.6) is 5.88 Å². The smallest absolute Gasteiger partial charge is 0.422 e. The van der Waals surface area contributed by atoms with Crippen molar-refractivity contribution in [1.29, 1.82) is 0 Å². The van der Waals surface area contributed by atoms with Crippen molar-refractivity contribution in [1.82, 2.24) is 15.6 Å². The van der Waals surface area contributed by atoms with Crippen molar-refractivity contribution in [3.05, 3.63) is 59.8 Å². The number of carbonyl (C=O) groups excluding carboxylic acids is 2. The maximum absolute atomic E-state index is 12.8. The summed E-state index contributed by atoms with van der Waals surface area (Å²) in [5.41, 5.74) is 1.13. The molecule has 2 aromatic rings. The fourth-order valence-electron chi connectivity index (χ4n) is 2.62. The number of amides is 2. The molecule has 0 radical (unpaired) electrons. The minimum absolute atomic E-state index is 0.0348. The van der Waals surface area contributed by atoms with E-state index in [9.17, 15) is 22.8 Å². The summed E-state index contributed by atoms with van der Waals surface area (Å²) in [6.45, 7) is 2.39. The lowest BCUT2D eigenvalue weighted by Crippen LogP contribution is -2.40. The number of hydrogen-bond donors (Lipinski definition) is 2. The van der Waals surface area contributed by atoms with Gasteiger partial charge in [0.25, 0.3) is 0 Å². The summed E-state index contributed by atoms with van der Waals surface area (Å²) in [7, 11) is 0. The molecule has 1 heterocycles. The molecule has 0 aliphatic rings. The average Bonchev–Trinajstić information content (AvgIpc) is 2.68. The topological polar surface area (TPSA) is 80.3 Å². The van der Waals surface area contributed by atoms with E-state index in [1.54, 1.807) is 36.4 Å². The van der Waals surface area contributed by atoms with Gasteiger partial charge in [0.1, 0.15) is 6.04 Å². The minimum Gasteiger partial charge on any atom is -0.468 e. The summed E-state index contributed by atoms with van der Waals surface area (Å²) in [6, 6.07) is 10.8. The molecule has 1 unspecified atom stereocenters. The lowest BCUT2D eigenvalue weighted by atomic mass is 10.0. The Hall–Kier alpha value is -3.10. The molecule has 2 amide bonds. The third-order valence-electron chi connectivity index (χ3n) is 3.94. The van der Waals surface area contributed by atoms with E-state index in [1.165, 1.54) is 12.3 Å². The van der Waals surface area contributed by atoms with E-state index in [1.807, 2.05) is 13.8 Å².